The van der Waals surface area contributed by atoms with E-state index in [4.69, 9.17) is 15.2 Å². The second kappa shape index (κ2) is 2.59. The molecule has 0 aliphatic carbocycles. The van der Waals surface area contributed by atoms with Crippen LogP contribution in [0.2, 0.25) is 0 Å². The van der Waals surface area contributed by atoms with Gasteiger partial charge in [0, 0.05) is 11.8 Å². The molecule has 1 heterocycles. The molecule has 0 saturated heterocycles. The number of hydrogen-bond donors (Lipinski definition) is 1. The minimum atomic E-state index is 0.294. The van der Waals surface area contributed by atoms with E-state index in [1.54, 1.807) is 6.07 Å². The van der Waals surface area contributed by atoms with Crippen LogP contribution in [-0.2, 0) is 0 Å². The molecular formula is C9H10NO2. The quantitative estimate of drug-likeness (QED) is 0.641. The number of nitrogens with two attached hydrogens (primary N) is 1. The van der Waals surface area contributed by atoms with Crippen molar-refractivity contribution in [3.8, 4) is 11.5 Å². The van der Waals surface area contributed by atoms with Crippen LogP contribution >= 0.6 is 0 Å². The van der Waals surface area contributed by atoms with Crippen molar-refractivity contribution in [2.75, 3.05) is 12.5 Å². The highest BCUT2D eigenvalue weighted by Gasteiger charge is 2.14. The van der Waals surface area contributed by atoms with E-state index in [0.717, 1.165) is 22.7 Å². The van der Waals surface area contributed by atoms with Gasteiger partial charge in [-0.2, -0.15) is 0 Å². The van der Waals surface area contributed by atoms with E-state index in [1.807, 2.05) is 19.4 Å². The Morgan fingerprint density at radius 2 is 2.00 bits per heavy atom. The number of anilines is 1. The standard InChI is InChI=1S/C9H10NO2/c1-2-6-3-8-9(4-7(6)10)12-5-11-8/h2-4H,5,10H2,1H3. The fourth-order valence-electron chi connectivity index (χ4n) is 1.22. The molecular weight excluding hydrogens is 154 g/mol. The predicted molar refractivity (Wildman–Crippen MR) is 46.1 cm³/mol. The Labute approximate surface area is 71.1 Å². The predicted octanol–water partition coefficient (Wildman–Crippen LogP) is 1.57. The van der Waals surface area contributed by atoms with E-state index in [0.29, 0.717) is 6.79 Å². The Morgan fingerprint density at radius 1 is 1.33 bits per heavy atom. The van der Waals surface area contributed by atoms with Crippen molar-refractivity contribution in [2.24, 2.45) is 0 Å². The lowest BCUT2D eigenvalue weighted by atomic mass is 10.1. The summed E-state index contributed by atoms with van der Waals surface area (Å²) in [5.74, 6) is 1.51. The summed E-state index contributed by atoms with van der Waals surface area (Å²) in [6, 6.07) is 3.68. The second-order valence-corrected chi connectivity index (χ2v) is 2.62. The molecule has 1 aliphatic heterocycles. The monoisotopic (exact) mass is 164 g/mol. The molecule has 63 valence electrons. The molecule has 3 heteroatoms. The molecule has 0 aromatic heterocycles. The van der Waals surface area contributed by atoms with Crippen LogP contribution in [0.1, 0.15) is 12.5 Å². The maximum absolute atomic E-state index is 5.74. The fraction of sp³-hybridized carbons (Fsp3) is 0.222. The molecule has 2 N–H and O–H groups in total. The molecule has 0 spiro atoms. The Morgan fingerprint density at radius 3 is 2.67 bits per heavy atom. The number of ether oxygens (including phenoxy) is 2. The first-order valence-corrected chi connectivity index (χ1v) is 3.79. The minimum absolute atomic E-state index is 0.294. The molecule has 1 aliphatic rings. The summed E-state index contributed by atoms with van der Waals surface area (Å²) in [6.07, 6.45) is 1.94. The van der Waals surface area contributed by atoms with Crippen LogP contribution < -0.4 is 15.2 Å². The Kier molecular flexibility index (Phi) is 1.57. The van der Waals surface area contributed by atoms with Gasteiger partial charge >= 0.3 is 0 Å². The van der Waals surface area contributed by atoms with E-state index in [2.05, 4.69) is 0 Å². The average molecular weight is 164 g/mol. The van der Waals surface area contributed by atoms with Crippen LogP contribution in [-0.4, -0.2) is 6.79 Å². The topological polar surface area (TPSA) is 44.5 Å². The van der Waals surface area contributed by atoms with Gasteiger partial charge in [0.05, 0.1) is 0 Å². The van der Waals surface area contributed by atoms with Gasteiger partial charge < -0.3 is 15.2 Å². The number of hydrogen-bond acceptors (Lipinski definition) is 3. The highest BCUT2D eigenvalue weighted by Crippen LogP contribution is 2.36. The van der Waals surface area contributed by atoms with Crippen molar-refractivity contribution < 1.29 is 9.47 Å². The zero-order valence-electron chi connectivity index (χ0n) is 6.83. The maximum atomic E-state index is 5.74. The molecule has 2 rings (SSSR count). The molecule has 0 amide bonds. The third kappa shape index (κ3) is 0.978. The molecule has 12 heavy (non-hydrogen) atoms. The van der Waals surface area contributed by atoms with Crippen molar-refractivity contribution >= 4 is 5.69 Å². The van der Waals surface area contributed by atoms with E-state index in [-0.39, 0.29) is 0 Å². The maximum Gasteiger partial charge on any atom is 0.231 e. The second-order valence-electron chi connectivity index (χ2n) is 2.62. The van der Waals surface area contributed by atoms with Gasteiger partial charge in [-0.05, 0) is 18.1 Å². The summed E-state index contributed by atoms with van der Waals surface area (Å²) < 4.78 is 10.4. The largest absolute Gasteiger partial charge is 0.454 e. The van der Waals surface area contributed by atoms with Crippen molar-refractivity contribution in [2.45, 2.75) is 6.92 Å². The fourth-order valence-corrected chi connectivity index (χ4v) is 1.22. The Balaban J connectivity index is 2.49. The first-order chi connectivity index (χ1) is 5.81. The van der Waals surface area contributed by atoms with Gasteiger partial charge in [0.15, 0.2) is 11.5 Å². The van der Waals surface area contributed by atoms with Gasteiger partial charge in [-0.3, -0.25) is 0 Å². The van der Waals surface area contributed by atoms with Crippen LogP contribution in [0.4, 0.5) is 5.69 Å². The summed E-state index contributed by atoms with van der Waals surface area (Å²) >= 11 is 0. The van der Waals surface area contributed by atoms with Gasteiger partial charge in [-0.15, -0.1) is 0 Å². The molecule has 3 nitrogen and oxygen atoms in total. The molecule has 1 aromatic carbocycles. The highest BCUT2D eigenvalue weighted by molar-refractivity contribution is 5.60. The van der Waals surface area contributed by atoms with Gasteiger partial charge in [-0.1, -0.05) is 6.92 Å². The van der Waals surface area contributed by atoms with Crippen LogP contribution in [0.25, 0.3) is 0 Å². The average Bonchev–Trinajstić information content (AvgIpc) is 2.49. The Bertz CT molecular complexity index is 309. The van der Waals surface area contributed by atoms with Crippen LogP contribution in [0.15, 0.2) is 12.1 Å². The van der Waals surface area contributed by atoms with Gasteiger partial charge in [0.25, 0.3) is 0 Å². The number of nitrogen functional groups attached to an aromatic ring is 1. The molecule has 0 bridgehead atoms. The smallest absolute Gasteiger partial charge is 0.231 e. The van der Waals surface area contributed by atoms with Gasteiger partial charge in [0.2, 0.25) is 6.79 Å². The molecule has 0 saturated carbocycles. The molecule has 0 unspecified atom stereocenters. The summed E-state index contributed by atoms with van der Waals surface area (Å²) in [4.78, 5) is 0. The number of benzene rings is 1. The van der Waals surface area contributed by atoms with Crippen LogP contribution in [0.3, 0.4) is 0 Å². The van der Waals surface area contributed by atoms with Gasteiger partial charge in [0.1, 0.15) is 0 Å². The first kappa shape index (κ1) is 7.28. The molecule has 1 radical (unpaired) electrons. The lowest BCUT2D eigenvalue weighted by Crippen LogP contribution is -1.92. The SMILES string of the molecule is C[CH]c1cc2c(cc1N)OCO2. The van der Waals surface area contributed by atoms with E-state index >= 15 is 0 Å². The lowest BCUT2D eigenvalue weighted by molar-refractivity contribution is 0.174. The van der Waals surface area contributed by atoms with Crippen molar-refractivity contribution in [3.05, 3.63) is 24.1 Å². The van der Waals surface area contributed by atoms with E-state index in [1.165, 1.54) is 0 Å². The van der Waals surface area contributed by atoms with Crippen molar-refractivity contribution in [1.29, 1.82) is 0 Å². The highest BCUT2D eigenvalue weighted by atomic mass is 16.7. The van der Waals surface area contributed by atoms with Gasteiger partial charge in [-0.25, -0.2) is 0 Å². The molecule has 1 aromatic rings. The summed E-state index contributed by atoms with van der Waals surface area (Å²) in [6.45, 7) is 2.23. The zero-order valence-corrected chi connectivity index (χ0v) is 6.83. The van der Waals surface area contributed by atoms with Crippen LogP contribution in [0, 0.1) is 6.42 Å². The lowest BCUT2D eigenvalue weighted by Gasteiger charge is -2.03. The van der Waals surface area contributed by atoms with E-state index in [9.17, 15) is 0 Å². The van der Waals surface area contributed by atoms with Crippen molar-refractivity contribution in [3.63, 3.8) is 0 Å². The Hall–Kier alpha value is -1.38. The zero-order chi connectivity index (χ0) is 8.55. The third-order valence-corrected chi connectivity index (χ3v) is 1.89. The number of fused-ring (bicyclic) bond motifs is 1. The number of rotatable bonds is 1. The summed E-state index contributed by atoms with van der Waals surface area (Å²) in [7, 11) is 0. The normalized spacial score (nSPS) is 13.4. The summed E-state index contributed by atoms with van der Waals surface area (Å²) in [5.41, 5.74) is 7.45. The molecule has 0 atom stereocenters. The van der Waals surface area contributed by atoms with E-state index < -0.39 is 0 Å². The van der Waals surface area contributed by atoms with Crippen molar-refractivity contribution in [1.82, 2.24) is 0 Å². The molecule has 0 fully saturated rings. The first-order valence-electron chi connectivity index (χ1n) is 3.79. The minimum Gasteiger partial charge on any atom is -0.454 e. The summed E-state index contributed by atoms with van der Waals surface area (Å²) in [5, 5.41) is 0. The third-order valence-electron chi connectivity index (χ3n) is 1.89. The van der Waals surface area contributed by atoms with Crippen LogP contribution in [0.5, 0.6) is 11.5 Å².